The van der Waals surface area contributed by atoms with E-state index in [0.29, 0.717) is 30.4 Å². The van der Waals surface area contributed by atoms with Gasteiger partial charge < -0.3 is 21.7 Å². The van der Waals surface area contributed by atoms with Gasteiger partial charge in [-0.3, -0.25) is 4.79 Å². The minimum atomic E-state index is -0.167. The van der Waals surface area contributed by atoms with E-state index in [1.807, 2.05) is 37.3 Å². The zero-order valence-electron chi connectivity index (χ0n) is 15.1. The van der Waals surface area contributed by atoms with Crippen molar-refractivity contribution in [2.45, 2.75) is 6.92 Å². The highest BCUT2D eigenvalue weighted by molar-refractivity contribution is 5.95. The fourth-order valence-electron chi connectivity index (χ4n) is 2.49. The van der Waals surface area contributed by atoms with E-state index in [4.69, 9.17) is 5.73 Å². The van der Waals surface area contributed by atoms with Gasteiger partial charge in [-0.05, 0) is 42.8 Å². The Balaban J connectivity index is 1.73. The standard InChI is InChI=1S/C20H22N6O/c1-14-5-2-3-8-17(14)25-18-9-11-23-20(26-18)24-16-7-4-6-15(13-16)19(27)22-12-10-21/h2-9,11,13H,10,12,21H2,1H3,(H,22,27)(H2,23,24,25,26). The average molecular weight is 362 g/mol. The molecule has 0 spiro atoms. The fourth-order valence-corrected chi connectivity index (χ4v) is 2.49. The monoisotopic (exact) mass is 362 g/mol. The van der Waals surface area contributed by atoms with Crippen LogP contribution < -0.4 is 21.7 Å². The van der Waals surface area contributed by atoms with E-state index in [0.717, 1.165) is 16.9 Å². The lowest BCUT2D eigenvalue weighted by molar-refractivity contribution is 0.0955. The highest BCUT2D eigenvalue weighted by atomic mass is 16.1. The Morgan fingerprint density at radius 1 is 1.07 bits per heavy atom. The second-order valence-electron chi connectivity index (χ2n) is 5.96. The van der Waals surface area contributed by atoms with Crippen molar-refractivity contribution < 1.29 is 4.79 Å². The molecule has 0 unspecified atom stereocenters. The van der Waals surface area contributed by atoms with Gasteiger partial charge in [-0.15, -0.1) is 0 Å². The number of carbonyl (C=O) groups excluding carboxylic acids is 1. The number of nitrogens with two attached hydrogens (primary N) is 1. The molecule has 0 bridgehead atoms. The number of aromatic nitrogens is 2. The van der Waals surface area contributed by atoms with E-state index >= 15 is 0 Å². The highest BCUT2D eigenvalue weighted by Gasteiger charge is 2.07. The van der Waals surface area contributed by atoms with Crippen molar-refractivity contribution >= 4 is 29.0 Å². The normalized spacial score (nSPS) is 10.3. The maximum atomic E-state index is 12.1. The van der Waals surface area contributed by atoms with Crippen molar-refractivity contribution in [1.82, 2.24) is 15.3 Å². The maximum absolute atomic E-state index is 12.1. The minimum absolute atomic E-state index is 0.167. The minimum Gasteiger partial charge on any atom is -0.351 e. The van der Waals surface area contributed by atoms with Gasteiger partial charge in [0.2, 0.25) is 5.95 Å². The van der Waals surface area contributed by atoms with Crippen LogP contribution in [0.3, 0.4) is 0 Å². The first-order valence-corrected chi connectivity index (χ1v) is 8.67. The molecule has 7 heteroatoms. The number of nitrogens with zero attached hydrogens (tertiary/aromatic N) is 2. The van der Waals surface area contributed by atoms with Crippen LogP contribution in [0.1, 0.15) is 15.9 Å². The van der Waals surface area contributed by atoms with Gasteiger partial charge in [-0.1, -0.05) is 24.3 Å². The third-order valence-electron chi connectivity index (χ3n) is 3.87. The Labute approximate surface area is 158 Å². The lowest BCUT2D eigenvalue weighted by Crippen LogP contribution is -2.28. The Kier molecular flexibility index (Phi) is 5.96. The number of carbonyl (C=O) groups is 1. The predicted molar refractivity (Wildman–Crippen MR) is 108 cm³/mol. The topological polar surface area (TPSA) is 105 Å². The molecule has 0 fully saturated rings. The van der Waals surface area contributed by atoms with Crippen molar-refractivity contribution in [3.63, 3.8) is 0 Å². The Bertz CT molecular complexity index is 928. The smallest absolute Gasteiger partial charge is 0.251 e. The number of amides is 1. The fraction of sp³-hybridized carbons (Fsp3) is 0.150. The Morgan fingerprint density at radius 2 is 1.93 bits per heavy atom. The molecule has 3 rings (SSSR count). The molecular formula is C20H22N6O. The molecule has 0 atom stereocenters. The summed E-state index contributed by atoms with van der Waals surface area (Å²) in [7, 11) is 0. The lowest BCUT2D eigenvalue weighted by Gasteiger charge is -2.11. The van der Waals surface area contributed by atoms with Crippen LogP contribution in [0.2, 0.25) is 0 Å². The van der Waals surface area contributed by atoms with E-state index in [-0.39, 0.29) is 5.91 Å². The van der Waals surface area contributed by atoms with Crippen LogP contribution in [0.25, 0.3) is 0 Å². The number of nitrogens with one attached hydrogen (secondary N) is 3. The number of anilines is 4. The van der Waals surface area contributed by atoms with E-state index in [1.165, 1.54) is 0 Å². The molecule has 7 nitrogen and oxygen atoms in total. The van der Waals surface area contributed by atoms with Gasteiger partial charge in [-0.25, -0.2) is 4.98 Å². The molecule has 27 heavy (non-hydrogen) atoms. The predicted octanol–water partition coefficient (Wildman–Crippen LogP) is 2.96. The summed E-state index contributed by atoms with van der Waals surface area (Å²) in [5.41, 5.74) is 8.80. The maximum Gasteiger partial charge on any atom is 0.251 e. The second-order valence-corrected chi connectivity index (χ2v) is 5.96. The number of para-hydroxylation sites is 1. The van der Waals surface area contributed by atoms with E-state index in [1.54, 1.807) is 30.5 Å². The number of hydrogen-bond acceptors (Lipinski definition) is 6. The molecule has 0 radical (unpaired) electrons. The first-order chi connectivity index (χ1) is 13.2. The van der Waals surface area contributed by atoms with Gasteiger partial charge in [0.25, 0.3) is 5.91 Å². The zero-order valence-corrected chi connectivity index (χ0v) is 15.1. The van der Waals surface area contributed by atoms with Crippen LogP contribution in [0.5, 0.6) is 0 Å². The first-order valence-electron chi connectivity index (χ1n) is 8.67. The zero-order chi connectivity index (χ0) is 19.1. The summed E-state index contributed by atoms with van der Waals surface area (Å²) >= 11 is 0. The van der Waals surface area contributed by atoms with Gasteiger partial charge in [-0.2, -0.15) is 4.98 Å². The molecule has 1 amide bonds. The molecule has 0 saturated carbocycles. The van der Waals surface area contributed by atoms with Gasteiger partial charge in [0.1, 0.15) is 5.82 Å². The number of aryl methyl sites for hydroxylation is 1. The summed E-state index contributed by atoms with van der Waals surface area (Å²) in [6.45, 7) is 2.87. The van der Waals surface area contributed by atoms with Crippen LogP contribution in [0, 0.1) is 6.92 Å². The molecule has 0 aliphatic rings. The van der Waals surface area contributed by atoms with Gasteiger partial charge in [0.15, 0.2) is 0 Å². The van der Waals surface area contributed by atoms with Crippen LogP contribution in [0.4, 0.5) is 23.1 Å². The summed E-state index contributed by atoms with van der Waals surface area (Å²) in [6, 6.07) is 16.9. The third-order valence-corrected chi connectivity index (χ3v) is 3.87. The van der Waals surface area contributed by atoms with Crippen molar-refractivity contribution in [2.75, 3.05) is 23.7 Å². The van der Waals surface area contributed by atoms with Gasteiger partial charge in [0, 0.05) is 36.2 Å². The van der Waals surface area contributed by atoms with Crippen molar-refractivity contribution in [3.8, 4) is 0 Å². The van der Waals surface area contributed by atoms with Crippen LogP contribution >= 0.6 is 0 Å². The molecule has 0 saturated heterocycles. The van der Waals surface area contributed by atoms with E-state index < -0.39 is 0 Å². The molecule has 0 aliphatic carbocycles. The van der Waals surface area contributed by atoms with Gasteiger partial charge in [0.05, 0.1) is 0 Å². The third kappa shape index (κ3) is 5.02. The van der Waals surface area contributed by atoms with E-state index in [9.17, 15) is 4.79 Å². The van der Waals surface area contributed by atoms with Crippen molar-refractivity contribution in [3.05, 3.63) is 71.9 Å². The Morgan fingerprint density at radius 3 is 2.74 bits per heavy atom. The number of benzene rings is 2. The Hall–Kier alpha value is -3.45. The lowest BCUT2D eigenvalue weighted by atomic mass is 10.2. The summed E-state index contributed by atoms with van der Waals surface area (Å²) in [5, 5.41) is 9.16. The van der Waals surface area contributed by atoms with Crippen LogP contribution in [0.15, 0.2) is 60.8 Å². The second kappa shape index (κ2) is 8.77. The summed E-state index contributed by atoms with van der Waals surface area (Å²) in [5.74, 6) is 0.951. The molecule has 138 valence electrons. The molecule has 1 aromatic heterocycles. The number of rotatable bonds is 7. The molecule has 3 aromatic rings. The SMILES string of the molecule is Cc1ccccc1Nc1ccnc(Nc2cccc(C(=O)NCCN)c2)n1. The molecule has 2 aromatic carbocycles. The summed E-state index contributed by atoms with van der Waals surface area (Å²) < 4.78 is 0. The average Bonchev–Trinajstić information content (AvgIpc) is 2.68. The van der Waals surface area contributed by atoms with E-state index in [2.05, 4.69) is 25.9 Å². The molecule has 5 N–H and O–H groups in total. The molecule has 0 aliphatic heterocycles. The largest absolute Gasteiger partial charge is 0.351 e. The van der Waals surface area contributed by atoms with Crippen LogP contribution in [-0.4, -0.2) is 29.0 Å². The number of hydrogen-bond donors (Lipinski definition) is 4. The molecule has 1 heterocycles. The first kappa shape index (κ1) is 18.3. The van der Waals surface area contributed by atoms with Gasteiger partial charge >= 0.3 is 0 Å². The van der Waals surface area contributed by atoms with Crippen LogP contribution in [-0.2, 0) is 0 Å². The van der Waals surface area contributed by atoms with Crippen molar-refractivity contribution in [2.24, 2.45) is 5.73 Å². The quantitative estimate of drug-likeness (QED) is 0.515. The van der Waals surface area contributed by atoms with Crippen molar-refractivity contribution in [1.29, 1.82) is 0 Å². The summed E-state index contributed by atoms with van der Waals surface area (Å²) in [4.78, 5) is 20.8. The highest BCUT2D eigenvalue weighted by Crippen LogP contribution is 2.20. The molecular weight excluding hydrogens is 340 g/mol. The summed E-state index contributed by atoms with van der Waals surface area (Å²) in [6.07, 6.45) is 1.67.